The van der Waals surface area contributed by atoms with Crippen LogP contribution in [0.3, 0.4) is 0 Å². The van der Waals surface area contributed by atoms with E-state index in [1.165, 1.54) is 19.1 Å². The maximum atomic E-state index is 12.9. The summed E-state index contributed by atoms with van der Waals surface area (Å²) in [4.78, 5) is 49.0. The molecule has 4 N–H and O–H groups in total. The van der Waals surface area contributed by atoms with Crippen molar-refractivity contribution in [3.63, 3.8) is 0 Å². The molecule has 8 nitrogen and oxygen atoms in total. The monoisotopic (exact) mass is 495 g/mol. The number of Topliss-reactive ketones (excluding diaryl/α,β-unsaturated/α-hetero) is 1. The second kappa shape index (κ2) is 14.8. The third-order valence-electron chi connectivity index (χ3n) is 6.13. The van der Waals surface area contributed by atoms with Crippen molar-refractivity contribution < 1.29 is 23.9 Å². The van der Waals surface area contributed by atoms with Crippen LogP contribution in [0, 0.1) is 5.92 Å². The standard InChI is InChI=1S/C28H37N3O5/c1-4-19(2)25(31-27(34)23-14-10-13-22(17-23)26(29)33)28(35)30-16-9-8-15-24(20(3)32)36-18-21-11-6-5-7-12-21/h5-7,10-14,17,19,24-25H,4,8-9,15-16,18H2,1-3H3,(H2,29,33)(H,30,35)(H,31,34)/t19?,24?,25-/m0/s1. The molecule has 2 unspecified atom stereocenters. The Morgan fingerprint density at radius 1 is 0.972 bits per heavy atom. The molecule has 8 heteroatoms. The predicted octanol–water partition coefficient (Wildman–Crippen LogP) is 3.39. The smallest absolute Gasteiger partial charge is 0.251 e. The molecule has 0 spiro atoms. The SMILES string of the molecule is CCC(C)[C@H](NC(=O)c1cccc(C(N)=O)c1)C(=O)NCCCCC(OCc1ccccc1)C(C)=O. The Morgan fingerprint density at radius 3 is 2.31 bits per heavy atom. The van der Waals surface area contributed by atoms with Gasteiger partial charge in [0.1, 0.15) is 12.1 Å². The highest BCUT2D eigenvalue weighted by Gasteiger charge is 2.26. The van der Waals surface area contributed by atoms with Gasteiger partial charge in [0.2, 0.25) is 11.8 Å². The van der Waals surface area contributed by atoms with E-state index in [1.807, 2.05) is 44.2 Å². The molecule has 0 aliphatic rings. The average molecular weight is 496 g/mol. The minimum atomic E-state index is -0.723. The van der Waals surface area contributed by atoms with E-state index in [-0.39, 0.29) is 28.7 Å². The van der Waals surface area contributed by atoms with Crippen molar-refractivity contribution in [2.24, 2.45) is 11.7 Å². The maximum absolute atomic E-state index is 12.9. The van der Waals surface area contributed by atoms with Gasteiger partial charge in [0.25, 0.3) is 5.91 Å². The highest BCUT2D eigenvalue weighted by Crippen LogP contribution is 2.12. The van der Waals surface area contributed by atoms with E-state index in [0.717, 1.165) is 5.56 Å². The lowest BCUT2D eigenvalue weighted by Gasteiger charge is -2.24. The van der Waals surface area contributed by atoms with E-state index < -0.39 is 24.0 Å². The fraction of sp³-hybridized carbons (Fsp3) is 0.429. The molecule has 3 atom stereocenters. The first-order valence-corrected chi connectivity index (χ1v) is 12.4. The lowest BCUT2D eigenvalue weighted by molar-refractivity contribution is -0.129. The Kier molecular flexibility index (Phi) is 11.8. The van der Waals surface area contributed by atoms with Crippen molar-refractivity contribution in [1.29, 1.82) is 0 Å². The molecule has 0 heterocycles. The predicted molar refractivity (Wildman–Crippen MR) is 138 cm³/mol. The first-order valence-electron chi connectivity index (χ1n) is 12.4. The molecule has 2 aromatic carbocycles. The summed E-state index contributed by atoms with van der Waals surface area (Å²) in [5, 5.41) is 5.68. The van der Waals surface area contributed by atoms with Gasteiger partial charge in [-0.25, -0.2) is 0 Å². The van der Waals surface area contributed by atoms with Crippen molar-refractivity contribution in [2.75, 3.05) is 6.54 Å². The number of amides is 3. The van der Waals surface area contributed by atoms with Gasteiger partial charge in [-0.05, 0) is 55.9 Å². The molecule has 0 saturated heterocycles. The lowest BCUT2D eigenvalue weighted by Crippen LogP contribution is -2.50. The Balaban J connectivity index is 1.84. The Bertz CT molecular complexity index is 1020. The maximum Gasteiger partial charge on any atom is 0.251 e. The van der Waals surface area contributed by atoms with E-state index in [4.69, 9.17) is 10.5 Å². The van der Waals surface area contributed by atoms with Crippen molar-refractivity contribution in [2.45, 2.75) is 65.2 Å². The van der Waals surface area contributed by atoms with Gasteiger partial charge in [0, 0.05) is 17.7 Å². The highest BCUT2D eigenvalue weighted by atomic mass is 16.5. The topological polar surface area (TPSA) is 128 Å². The fourth-order valence-corrected chi connectivity index (χ4v) is 3.69. The van der Waals surface area contributed by atoms with Crippen LogP contribution >= 0.6 is 0 Å². The second-order valence-corrected chi connectivity index (χ2v) is 8.96. The third kappa shape index (κ3) is 9.26. The molecule has 0 aliphatic carbocycles. The molecule has 0 aliphatic heterocycles. The number of nitrogens with one attached hydrogen (secondary N) is 2. The van der Waals surface area contributed by atoms with Gasteiger partial charge in [-0.15, -0.1) is 0 Å². The summed E-state index contributed by atoms with van der Waals surface area (Å²) in [5.74, 6) is -1.46. The van der Waals surface area contributed by atoms with Gasteiger partial charge in [-0.2, -0.15) is 0 Å². The van der Waals surface area contributed by atoms with E-state index >= 15 is 0 Å². The number of unbranched alkanes of at least 4 members (excludes halogenated alkanes) is 1. The summed E-state index contributed by atoms with van der Waals surface area (Å²) < 4.78 is 5.80. The molecule has 194 valence electrons. The van der Waals surface area contributed by atoms with Crippen LogP contribution in [0.2, 0.25) is 0 Å². The molecule has 36 heavy (non-hydrogen) atoms. The molecule has 0 fully saturated rings. The van der Waals surface area contributed by atoms with Crippen LogP contribution in [0.4, 0.5) is 0 Å². The Labute approximate surface area is 213 Å². The van der Waals surface area contributed by atoms with E-state index in [0.29, 0.717) is 38.8 Å². The summed E-state index contributed by atoms with van der Waals surface area (Å²) in [6.07, 6.45) is 2.16. The largest absolute Gasteiger partial charge is 0.366 e. The van der Waals surface area contributed by atoms with Crippen LogP contribution in [0.15, 0.2) is 54.6 Å². The first kappa shape index (κ1) is 28.7. The van der Waals surface area contributed by atoms with Crippen LogP contribution in [0.25, 0.3) is 0 Å². The summed E-state index contributed by atoms with van der Waals surface area (Å²) in [6, 6.07) is 15.0. The second-order valence-electron chi connectivity index (χ2n) is 8.96. The highest BCUT2D eigenvalue weighted by molar-refractivity contribution is 6.00. The van der Waals surface area contributed by atoms with E-state index in [2.05, 4.69) is 10.6 Å². The Hall–Kier alpha value is -3.52. The van der Waals surface area contributed by atoms with Gasteiger partial charge < -0.3 is 21.1 Å². The number of rotatable bonds is 15. The third-order valence-corrected chi connectivity index (χ3v) is 6.13. The van der Waals surface area contributed by atoms with Crippen LogP contribution in [0.1, 0.15) is 72.7 Å². The number of ketones is 1. The van der Waals surface area contributed by atoms with Gasteiger partial charge in [0.15, 0.2) is 5.78 Å². The fourth-order valence-electron chi connectivity index (χ4n) is 3.69. The molecular weight excluding hydrogens is 458 g/mol. The number of nitrogens with two attached hydrogens (primary N) is 1. The zero-order valence-electron chi connectivity index (χ0n) is 21.3. The molecule has 2 aromatic rings. The van der Waals surface area contributed by atoms with E-state index in [1.54, 1.807) is 12.1 Å². The first-order chi connectivity index (χ1) is 17.2. The van der Waals surface area contributed by atoms with Gasteiger partial charge >= 0.3 is 0 Å². The summed E-state index contributed by atoms with van der Waals surface area (Å²) in [7, 11) is 0. The number of hydrogen-bond donors (Lipinski definition) is 3. The van der Waals surface area contributed by atoms with Crippen LogP contribution in [-0.4, -0.2) is 42.2 Å². The van der Waals surface area contributed by atoms with Crippen LogP contribution in [-0.2, 0) is 20.9 Å². The van der Waals surface area contributed by atoms with Crippen LogP contribution in [0.5, 0.6) is 0 Å². The molecule has 0 aromatic heterocycles. The zero-order chi connectivity index (χ0) is 26.5. The molecule has 2 rings (SSSR count). The van der Waals surface area contributed by atoms with Gasteiger partial charge in [-0.3, -0.25) is 19.2 Å². The van der Waals surface area contributed by atoms with Crippen molar-refractivity contribution in [3.05, 3.63) is 71.3 Å². The number of hydrogen-bond acceptors (Lipinski definition) is 5. The number of benzene rings is 2. The summed E-state index contributed by atoms with van der Waals surface area (Å²) in [6.45, 7) is 6.16. The molecule has 0 saturated carbocycles. The van der Waals surface area contributed by atoms with Crippen LogP contribution < -0.4 is 16.4 Å². The molecule has 0 bridgehead atoms. The van der Waals surface area contributed by atoms with Crippen molar-refractivity contribution in [3.8, 4) is 0 Å². The minimum absolute atomic E-state index is 0.0186. The zero-order valence-corrected chi connectivity index (χ0v) is 21.3. The average Bonchev–Trinajstić information content (AvgIpc) is 2.88. The Morgan fingerprint density at radius 2 is 1.67 bits per heavy atom. The van der Waals surface area contributed by atoms with Crippen molar-refractivity contribution >= 4 is 23.5 Å². The number of carbonyl (C=O) groups excluding carboxylic acids is 4. The van der Waals surface area contributed by atoms with Crippen molar-refractivity contribution in [1.82, 2.24) is 10.6 Å². The summed E-state index contributed by atoms with van der Waals surface area (Å²) >= 11 is 0. The number of primary amides is 1. The quantitative estimate of drug-likeness (QED) is 0.326. The van der Waals surface area contributed by atoms with E-state index in [9.17, 15) is 19.2 Å². The normalized spacial score (nSPS) is 13.3. The minimum Gasteiger partial charge on any atom is -0.366 e. The lowest BCUT2D eigenvalue weighted by atomic mass is 9.97. The number of ether oxygens (including phenoxy) is 1. The molecule has 3 amide bonds. The van der Waals surface area contributed by atoms with Gasteiger partial charge in [-0.1, -0.05) is 56.7 Å². The number of carbonyl (C=O) groups is 4. The summed E-state index contributed by atoms with van der Waals surface area (Å²) in [5.41, 5.74) is 6.80. The van der Waals surface area contributed by atoms with Gasteiger partial charge in [0.05, 0.1) is 6.61 Å². The molecular formula is C28H37N3O5. The molecule has 0 radical (unpaired) electrons.